The number of non-ortho nitro benzene ring substituents is 2. The summed E-state index contributed by atoms with van der Waals surface area (Å²) >= 11 is 0. The Bertz CT molecular complexity index is 953. The van der Waals surface area contributed by atoms with Crippen LogP contribution in [0.1, 0.15) is 27.7 Å². The quantitative estimate of drug-likeness (QED) is 0.523. The average molecular weight is 367 g/mol. The summed E-state index contributed by atoms with van der Waals surface area (Å²) in [6, 6.07) is 14.4. The van der Waals surface area contributed by atoms with Crippen LogP contribution in [0.5, 0.6) is 0 Å². The predicted octanol–water partition coefficient (Wildman–Crippen LogP) is 3.62. The lowest BCUT2D eigenvalue weighted by Crippen LogP contribution is -2.29. The van der Waals surface area contributed by atoms with Crippen LogP contribution in [0.3, 0.4) is 0 Å². The van der Waals surface area contributed by atoms with Gasteiger partial charge in [-0.3, -0.25) is 25.0 Å². The zero-order valence-electron chi connectivity index (χ0n) is 13.8. The van der Waals surface area contributed by atoms with Crippen molar-refractivity contribution in [1.29, 1.82) is 0 Å². The number of nitro benzene ring substituents is 2. The zero-order chi connectivity index (χ0) is 19.4. The molecule has 0 spiro atoms. The maximum atomic E-state index is 12.7. The van der Waals surface area contributed by atoms with Gasteiger partial charge < -0.3 is 9.73 Å². The van der Waals surface area contributed by atoms with Gasteiger partial charge in [0.15, 0.2) is 0 Å². The van der Waals surface area contributed by atoms with E-state index >= 15 is 0 Å². The summed E-state index contributed by atoms with van der Waals surface area (Å²) in [5, 5.41) is 24.7. The number of nitrogens with one attached hydrogen (secondary N) is 1. The molecular weight excluding hydrogens is 354 g/mol. The third-order valence-corrected chi connectivity index (χ3v) is 3.82. The normalized spacial score (nSPS) is 11.6. The van der Waals surface area contributed by atoms with E-state index in [0.717, 1.165) is 23.8 Å². The molecule has 3 rings (SSSR count). The van der Waals surface area contributed by atoms with Crippen molar-refractivity contribution in [1.82, 2.24) is 5.32 Å². The Morgan fingerprint density at radius 3 is 2.07 bits per heavy atom. The number of hydrogen-bond acceptors (Lipinski definition) is 6. The maximum absolute atomic E-state index is 12.7. The van der Waals surface area contributed by atoms with Crippen LogP contribution in [-0.4, -0.2) is 15.8 Å². The van der Waals surface area contributed by atoms with E-state index in [9.17, 15) is 25.0 Å². The highest BCUT2D eigenvalue weighted by atomic mass is 16.6. The second-order valence-corrected chi connectivity index (χ2v) is 5.58. The summed E-state index contributed by atoms with van der Waals surface area (Å²) in [6.07, 6.45) is 1.45. The van der Waals surface area contributed by atoms with E-state index < -0.39 is 33.2 Å². The molecule has 1 amide bonds. The second kappa shape index (κ2) is 7.48. The number of benzene rings is 2. The Labute approximate surface area is 152 Å². The number of rotatable bonds is 6. The first-order chi connectivity index (χ1) is 13.0. The lowest BCUT2D eigenvalue weighted by atomic mass is 10.0. The van der Waals surface area contributed by atoms with Crippen LogP contribution < -0.4 is 5.32 Å². The number of carbonyl (C=O) groups excluding carboxylic acids is 1. The first-order valence-electron chi connectivity index (χ1n) is 7.79. The molecule has 136 valence electrons. The second-order valence-electron chi connectivity index (χ2n) is 5.58. The van der Waals surface area contributed by atoms with Crippen molar-refractivity contribution in [2.45, 2.75) is 6.04 Å². The van der Waals surface area contributed by atoms with Gasteiger partial charge in [-0.2, -0.15) is 0 Å². The predicted molar refractivity (Wildman–Crippen MR) is 94.2 cm³/mol. The van der Waals surface area contributed by atoms with Gasteiger partial charge in [0, 0.05) is 12.1 Å². The van der Waals surface area contributed by atoms with Crippen LogP contribution in [0.2, 0.25) is 0 Å². The Morgan fingerprint density at radius 1 is 0.926 bits per heavy atom. The highest BCUT2D eigenvalue weighted by Gasteiger charge is 2.24. The van der Waals surface area contributed by atoms with Crippen LogP contribution in [0.15, 0.2) is 71.3 Å². The molecule has 1 heterocycles. The Kier molecular flexibility index (Phi) is 4.93. The molecule has 0 aliphatic heterocycles. The lowest BCUT2D eigenvalue weighted by Gasteiger charge is -2.17. The molecule has 0 bridgehead atoms. The summed E-state index contributed by atoms with van der Waals surface area (Å²) in [6.45, 7) is 0. The smallest absolute Gasteiger partial charge is 0.277 e. The fraction of sp³-hybridized carbons (Fsp3) is 0.0556. The van der Waals surface area contributed by atoms with E-state index in [1.807, 2.05) is 6.07 Å². The van der Waals surface area contributed by atoms with Crippen molar-refractivity contribution in [3.8, 4) is 0 Å². The average Bonchev–Trinajstić information content (AvgIpc) is 3.20. The lowest BCUT2D eigenvalue weighted by molar-refractivity contribution is -0.394. The molecule has 2 aromatic carbocycles. The van der Waals surface area contributed by atoms with Crippen molar-refractivity contribution < 1.29 is 19.1 Å². The van der Waals surface area contributed by atoms with E-state index in [1.165, 1.54) is 6.26 Å². The van der Waals surface area contributed by atoms with Gasteiger partial charge in [-0.05, 0) is 17.7 Å². The van der Waals surface area contributed by atoms with Crippen molar-refractivity contribution in [3.05, 3.63) is 104 Å². The molecule has 9 nitrogen and oxygen atoms in total. The van der Waals surface area contributed by atoms with Crippen molar-refractivity contribution in [2.24, 2.45) is 0 Å². The molecular formula is C18H13N3O6. The topological polar surface area (TPSA) is 129 Å². The van der Waals surface area contributed by atoms with Crippen molar-refractivity contribution >= 4 is 17.3 Å². The molecule has 1 unspecified atom stereocenters. The molecule has 0 aliphatic rings. The minimum Gasteiger partial charge on any atom is -0.467 e. The molecule has 0 fully saturated rings. The molecule has 3 aromatic rings. The summed E-state index contributed by atoms with van der Waals surface area (Å²) in [7, 11) is 0. The van der Waals surface area contributed by atoms with Gasteiger partial charge in [0.25, 0.3) is 17.3 Å². The van der Waals surface area contributed by atoms with Crippen molar-refractivity contribution in [2.75, 3.05) is 0 Å². The molecule has 0 aliphatic carbocycles. The van der Waals surface area contributed by atoms with Crippen LogP contribution >= 0.6 is 0 Å². The molecule has 0 saturated heterocycles. The zero-order valence-corrected chi connectivity index (χ0v) is 13.8. The van der Waals surface area contributed by atoms with Gasteiger partial charge in [0.2, 0.25) is 0 Å². The molecule has 27 heavy (non-hydrogen) atoms. The van der Waals surface area contributed by atoms with Gasteiger partial charge in [0.1, 0.15) is 11.8 Å². The summed E-state index contributed by atoms with van der Waals surface area (Å²) in [5.41, 5.74) is -0.545. The van der Waals surface area contributed by atoms with Gasteiger partial charge in [-0.25, -0.2) is 0 Å². The Hall–Kier alpha value is -4.01. The molecule has 1 atom stereocenters. The number of amides is 1. The number of nitro groups is 2. The third-order valence-electron chi connectivity index (χ3n) is 3.82. The molecule has 0 radical (unpaired) electrons. The highest BCUT2D eigenvalue weighted by Crippen LogP contribution is 2.26. The van der Waals surface area contributed by atoms with Crippen molar-refractivity contribution in [3.63, 3.8) is 0 Å². The molecule has 1 N–H and O–H groups in total. The van der Waals surface area contributed by atoms with E-state index in [1.54, 1.807) is 36.4 Å². The summed E-state index contributed by atoms with van der Waals surface area (Å²) in [4.78, 5) is 33.1. The minimum atomic E-state index is -0.787. The Morgan fingerprint density at radius 2 is 1.56 bits per heavy atom. The molecule has 0 saturated carbocycles. The van der Waals surface area contributed by atoms with Crippen LogP contribution in [-0.2, 0) is 0 Å². The van der Waals surface area contributed by atoms with Crippen LogP contribution in [0, 0.1) is 20.2 Å². The molecule has 9 heteroatoms. The van der Waals surface area contributed by atoms with E-state index in [4.69, 9.17) is 4.42 Å². The fourth-order valence-electron chi connectivity index (χ4n) is 2.57. The van der Waals surface area contributed by atoms with Gasteiger partial charge in [0.05, 0.1) is 27.7 Å². The molecule has 1 aromatic heterocycles. The highest BCUT2D eigenvalue weighted by molar-refractivity contribution is 5.96. The monoisotopic (exact) mass is 367 g/mol. The first-order valence-corrected chi connectivity index (χ1v) is 7.79. The SMILES string of the molecule is O=C(NC(c1ccccc1)c1ccco1)c1cc([N+](=O)[O-])cc([N+](=O)[O-])c1. The van der Waals surface area contributed by atoms with Gasteiger partial charge in [-0.15, -0.1) is 0 Å². The maximum Gasteiger partial charge on any atom is 0.277 e. The largest absolute Gasteiger partial charge is 0.467 e. The van der Waals surface area contributed by atoms with Gasteiger partial charge >= 0.3 is 0 Å². The first kappa shape index (κ1) is 17.8. The minimum absolute atomic E-state index is 0.191. The van der Waals surface area contributed by atoms with Crippen LogP contribution in [0.25, 0.3) is 0 Å². The van der Waals surface area contributed by atoms with E-state index in [0.29, 0.717) is 5.76 Å². The fourth-order valence-corrected chi connectivity index (χ4v) is 2.57. The van der Waals surface area contributed by atoms with Crippen LogP contribution in [0.4, 0.5) is 11.4 Å². The van der Waals surface area contributed by atoms with E-state index in [-0.39, 0.29) is 5.56 Å². The summed E-state index contributed by atoms with van der Waals surface area (Å²) in [5.74, 6) is -0.249. The third kappa shape index (κ3) is 3.98. The summed E-state index contributed by atoms with van der Waals surface area (Å²) < 4.78 is 5.38. The number of hydrogen-bond donors (Lipinski definition) is 1. The number of furan rings is 1. The standard InChI is InChI=1S/C18H13N3O6/c22-18(13-9-14(20(23)24)11-15(10-13)21(25)26)19-17(16-7-4-8-27-16)12-5-2-1-3-6-12/h1-11,17H,(H,19,22). The number of carbonyl (C=O) groups is 1. The van der Waals surface area contributed by atoms with E-state index in [2.05, 4.69) is 5.32 Å². The number of nitrogens with zero attached hydrogens (tertiary/aromatic N) is 2. The van der Waals surface area contributed by atoms with Gasteiger partial charge in [-0.1, -0.05) is 30.3 Å². The Balaban J connectivity index is 1.97.